The molecular weight excluding hydrogens is 458 g/mol. The molecule has 0 fully saturated rings. The third-order valence-corrected chi connectivity index (χ3v) is 7.30. The summed E-state index contributed by atoms with van der Waals surface area (Å²) < 4.78 is 7.33. The van der Waals surface area contributed by atoms with Crippen LogP contribution in [0.2, 0.25) is 0 Å². The van der Waals surface area contributed by atoms with Gasteiger partial charge in [-0.05, 0) is 48.9 Å². The molecule has 33 heavy (non-hydrogen) atoms. The van der Waals surface area contributed by atoms with Crippen LogP contribution in [0.4, 0.5) is 9.80 Å². The number of fused-ring (bicyclic) bond motifs is 1. The topological polar surface area (TPSA) is 109 Å². The number of nitrogens with one attached hydrogen (secondary N) is 2. The molecule has 1 aliphatic rings. The highest BCUT2D eigenvalue weighted by Gasteiger charge is 2.28. The fraction of sp³-hybridized carbons (Fsp3) is 0.304. The van der Waals surface area contributed by atoms with Gasteiger partial charge in [0.25, 0.3) is 0 Å². The Morgan fingerprint density at radius 3 is 3.00 bits per heavy atom. The standard InChI is InChI=1S/C23H23N5O3S2/c1-14-10-15(28(2)27-14)13-25-23(30)31-16-5-7-18-19(12-24)22(33-20(18)11-16)26-21(29)8-6-17-4-3-9-32-17/h3-4,6,8-10,16H,5,7,11,13H2,1-2H3,(H,25,30)(H,26,29)/b8-6+. The van der Waals surface area contributed by atoms with Gasteiger partial charge in [0.05, 0.1) is 23.5 Å². The van der Waals surface area contributed by atoms with Gasteiger partial charge in [-0.2, -0.15) is 10.4 Å². The average molecular weight is 482 g/mol. The Labute approximate surface area is 199 Å². The van der Waals surface area contributed by atoms with Crippen molar-refractivity contribution in [3.8, 4) is 6.07 Å². The Morgan fingerprint density at radius 2 is 2.30 bits per heavy atom. The molecule has 1 unspecified atom stereocenters. The molecule has 3 aromatic heterocycles. The van der Waals surface area contributed by atoms with E-state index in [9.17, 15) is 14.9 Å². The van der Waals surface area contributed by atoms with Gasteiger partial charge in [-0.15, -0.1) is 22.7 Å². The number of carbonyl (C=O) groups excluding carboxylic acids is 2. The Bertz CT molecular complexity index is 1230. The molecule has 0 aromatic carbocycles. The zero-order valence-electron chi connectivity index (χ0n) is 18.3. The first-order valence-corrected chi connectivity index (χ1v) is 12.1. The van der Waals surface area contributed by atoms with E-state index in [4.69, 9.17) is 4.74 Å². The van der Waals surface area contributed by atoms with E-state index in [1.165, 1.54) is 17.4 Å². The smallest absolute Gasteiger partial charge is 0.407 e. The lowest BCUT2D eigenvalue weighted by atomic mass is 9.94. The molecule has 0 bridgehead atoms. The summed E-state index contributed by atoms with van der Waals surface area (Å²) in [4.78, 5) is 26.6. The highest BCUT2D eigenvalue weighted by molar-refractivity contribution is 7.16. The van der Waals surface area contributed by atoms with E-state index in [2.05, 4.69) is 21.8 Å². The number of nitriles is 1. The van der Waals surface area contributed by atoms with Gasteiger partial charge < -0.3 is 15.4 Å². The molecular formula is C23H23N5O3S2. The van der Waals surface area contributed by atoms with Crippen LogP contribution in [0.3, 0.4) is 0 Å². The summed E-state index contributed by atoms with van der Waals surface area (Å²) in [5.41, 5.74) is 3.21. The Morgan fingerprint density at radius 1 is 1.45 bits per heavy atom. The van der Waals surface area contributed by atoms with E-state index in [0.29, 0.717) is 36.4 Å². The number of ether oxygens (including phenoxy) is 1. The van der Waals surface area contributed by atoms with Crippen LogP contribution in [0.15, 0.2) is 29.7 Å². The first-order chi connectivity index (χ1) is 15.9. The maximum atomic E-state index is 12.3. The molecule has 0 saturated heterocycles. The first-order valence-electron chi connectivity index (χ1n) is 10.4. The number of nitrogens with zero attached hydrogens (tertiary/aromatic N) is 3. The molecule has 4 rings (SSSR count). The van der Waals surface area contributed by atoms with Crippen molar-refractivity contribution < 1.29 is 14.3 Å². The average Bonchev–Trinajstić information content (AvgIpc) is 3.49. The molecule has 0 saturated carbocycles. The van der Waals surface area contributed by atoms with Crippen molar-refractivity contribution in [1.29, 1.82) is 5.26 Å². The first kappa shape index (κ1) is 22.8. The number of alkyl carbamates (subject to hydrolysis) is 1. The van der Waals surface area contributed by atoms with Gasteiger partial charge in [0.1, 0.15) is 17.2 Å². The lowest BCUT2D eigenvalue weighted by Gasteiger charge is -2.22. The number of aryl methyl sites for hydroxylation is 2. The number of hydrogen-bond acceptors (Lipinski definition) is 7. The van der Waals surface area contributed by atoms with Crippen molar-refractivity contribution in [2.24, 2.45) is 7.05 Å². The van der Waals surface area contributed by atoms with Crippen LogP contribution < -0.4 is 10.6 Å². The number of aromatic nitrogens is 2. The maximum Gasteiger partial charge on any atom is 0.407 e. The predicted molar refractivity (Wildman–Crippen MR) is 128 cm³/mol. The summed E-state index contributed by atoms with van der Waals surface area (Å²) in [6.07, 6.45) is 4.22. The second-order valence-corrected chi connectivity index (χ2v) is 9.77. The fourth-order valence-corrected chi connectivity index (χ4v) is 5.63. The number of thiophene rings is 2. The van der Waals surface area contributed by atoms with Gasteiger partial charge >= 0.3 is 6.09 Å². The molecule has 2 amide bonds. The Kier molecular flexibility index (Phi) is 6.91. The second kappa shape index (κ2) is 10.0. The molecule has 170 valence electrons. The molecule has 0 aliphatic heterocycles. The van der Waals surface area contributed by atoms with Crippen molar-refractivity contribution in [2.45, 2.75) is 38.8 Å². The molecule has 1 aliphatic carbocycles. The van der Waals surface area contributed by atoms with E-state index >= 15 is 0 Å². The minimum atomic E-state index is -0.480. The predicted octanol–water partition coefficient (Wildman–Crippen LogP) is 4.16. The van der Waals surface area contributed by atoms with Crippen LogP contribution in [0, 0.1) is 18.3 Å². The zero-order valence-corrected chi connectivity index (χ0v) is 19.9. The van der Waals surface area contributed by atoms with Crippen molar-refractivity contribution in [2.75, 3.05) is 5.32 Å². The van der Waals surface area contributed by atoms with Gasteiger partial charge in [0.15, 0.2) is 0 Å². The SMILES string of the molecule is Cc1cc(CNC(=O)OC2CCc3c(sc(NC(=O)/C=C/c4cccs4)c3C#N)C2)n(C)n1. The summed E-state index contributed by atoms with van der Waals surface area (Å²) in [5, 5.41) is 22.0. The van der Waals surface area contributed by atoms with E-state index in [1.54, 1.807) is 22.1 Å². The summed E-state index contributed by atoms with van der Waals surface area (Å²) in [7, 11) is 1.83. The minimum Gasteiger partial charge on any atom is -0.446 e. The van der Waals surface area contributed by atoms with E-state index in [-0.39, 0.29) is 12.0 Å². The number of rotatable bonds is 6. The van der Waals surface area contributed by atoms with Crippen molar-refractivity contribution in [3.05, 3.63) is 61.9 Å². The molecule has 0 radical (unpaired) electrons. The summed E-state index contributed by atoms with van der Waals surface area (Å²) >= 11 is 2.92. The zero-order chi connectivity index (χ0) is 23.4. The molecule has 1 atom stereocenters. The summed E-state index contributed by atoms with van der Waals surface area (Å²) in [6.45, 7) is 2.23. The fourth-order valence-electron chi connectivity index (χ4n) is 3.75. The lowest BCUT2D eigenvalue weighted by molar-refractivity contribution is -0.111. The molecule has 10 heteroatoms. The van der Waals surface area contributed by atoms with E-state index in [0.717, 1.165) is 26.7 Å². The van der Waals surface area contributed by atoms with Gasteiger partial charge in [-0.1, -0.05) is 6.07 Å². The molecule has 2 N–H and O–H groups in total. The van der Waals surface area contributed by atoms with Crippen LogP contribution in [-0.4, -0.2) is 27.9 Å². The Balaban J connectivity index is 1.36. The molecule has 3 heterocycles. The number of hydrogen-bond donors (Lipinski definition) is 2. The van der Waals surface area contributed by atoms with Crippen molar-refractivity contribution in [3.63, 3.8) is 0 Å². The third kappa shape index (κ3) is 5.50. The van der Waals surface area contributed by atoms with Gasteiger partial charge in [0, 0.05) is 29.3 Å². The van der Waals surface area contributed by atoms with E-state index in [1.807, 2.05) is 37.6 Å². The van der Waals surface area contributed by atoms with Gasteiger partial charge in [-0.25, -0.2) is 4.79 Å². The molecule has 8 nitrogen and oxygen atoms in total. The number of carbonyl (C=O) groups is 2. The van der Waals surface area contributed by atoms with E-state index < -0.39 is 6.09 Å². The summed E-state index contributed by atoms with van der Waals surface area (Å²) in [6, 6.07) is 7.98. The van der Waals surface area contributed by atoms with Crippen molar-refractivity contribution >= 4 is 45.8 Å². The van der Waals surface area contributed by atoms with Crippen LogP contribution in [0.25, 0.3) is 6.08 Å². The second-order valence-electron chi connectivity index (χ2n) is 7.68. The quantitative estimate of drug-likeness (QED) is 0.514. The van der Waals surface area contributed by atoms with Gasteiger partial charge in [-0.3, -0.25) is 9.48 Å². The van der Waals surface area contributed by atoms with Crippen LogP contribution in [-0.2, 0) is 36.0 Å². The number of amides is 2. The number of anilines is 1. The highest BCUT2D eigenvalue weighted by Crippen LogP contribution is 2.38. The molecule has 3 aromatic rings. The largest absolute Gasteiger partial charge is 0.446 e. The maximum absolute atomic E-state index is 12.3. The van der Waals surface area contributed by atoms with Crippen LogP contribution in [0.1, 0.15) is 38.7 Å². The highest BCUT2D eigenvalue weighted by atomic mass is 32.1. The van der Waals surface area contributed by atoms with Crippen LogP contribution >= 0.6 is 22.7 Å². The normalized spacial score (nSPS) is 15.1. The van der Waals surface area contributed by atoms with Crippen LogP contribution in [0.5, 0.6) is 0 Å². The monoisotopic (exact) mass is 481 g/mol. The molecule has 0 spiro atoms. The van der Waals surface area contributed by atoms with Crippen molar-refractivity contribution in [1.82, 2.24) is 15.1 Å². The minimum absolute atomic E-state index is 0.279. The van der Waals surface area contributed by atoms with Gasteiger partial charge in [0.2, 0.25) is 5.91 Å². The third-order valence-electron chi connectivity index (χ3n) is 5.30. The summed E-state index contributed by atoms with van der Waals surface area (Å²) in [5.74, 6) is -0.281. The Hall–Kier alpha value is -3.42. The lowest BCUT2D eigenvalue weighted by Crippen LogP contribution is -2.32.